The molecule has 0 fully saturated rings. The van der Waals surface area contributed by atoms with E-state index >= 15 is 0 Å². The Kier molecular flexibility index (Phi) is 6.36. The highest BCUT2D eigenvalue weighted by Crippen LogP contribution is 2.32. The number of hydrogen-bond donors (Lipinski definition) is 0. The molecule has 0 aliphatic carbocycles. The summed E-state index contributed by atoms with van der Waals surface area (Å²) in [5.74, 6) is 1.16. The van der Waals surface area contributed by atoms with Crippen LogP contribution in [0.3, 0.4) is 0 Å². The van der Waals surface area contributed by atoms with Crippen molar-refractivity contribution in [3.8, 4) is 17.6 Å². The average Bonchev–Trinajstić information content (AvgIpc) is 2.78. The van der Waals surface area contributed by atoms with Gasteiger partial charge in [0.2, 0.25) is 0 Å². The third kappa shape index (κ3) is 4.48. The average molecular weight is 436 g/mol. The Bertz CT molecular complexity index is 1270. The summed E-state index contributed by atoms with van der Waals surface area (Å²) in [5, 5.41) is 10.8. The van der Waals surface area contributed by atoms with Crippen molar-refractivity contribution in [1.82, 2.24) is 9.97 Å². The minimum absolute atomic E-state index is 0.537. The minimum Gasteiger partial charge on any atom is -0.626 e. The van der Waals surface area contributed by atoms with Crippen molar-refractivity contribution in [1.29, 1.82) is 5.26 Å². The monoisotopic (exact) mass is 436 g/mol. The normalized spacial score (nSPS) is 10.3. The van der Waals surface area contributed by atoms with Crippen molar-refractivity contribution in [3.05, 3.63) is 76.9 Å². The molecule has 0 saturated heterocycles. The molecule has 4 rings (SSSR count). The fourth-order valence-corrected chi connectivity index (χ4v) is 4.34. The van der Waals surface area contributed by atoms with Gasteiger partial charge >= 0.3 is 31.8 Å². The lowest BCUT2D eigenvalue weighted by molar-refractivity contribution is 0.420. The summed E-state index contributed by atoms with van der Waals surface area (Å²) in [4.78, 5) is 12.6. The fourth-order valence-electron chi connectivity index (χ4n) is 3.13. The Balaban J connectivity index is 1.44. The summed E-state index contributed by atoms with van der Waals surface area (Å²) in [7, 11) is 0. The van der Waals surface area contributed by atoms with Crippen LogP contribution in [0.2, 0.25) is 0 Å². The standard InChI is InChI=1S/2C11H8N2O.2Al.O/c1-7-3-4-8-9(12-2)5-6-10(14)11(8)13-7;1-7-2-4-9-8(6-12)3-5-10(14)11(9)13-7;;;/h3-6,14H,1H3;2-5,14H,1H3;;;/q;;2*+1;/p-2. The van der Waals surface area contributed by atoms with Gasteiger partial charge in [-0.3, -0.25) is 4.98 Å². The second-order valence-electron chi connectivity index (χ2n) is 6.68. The molecule has 0 saturated carbocycles. The number of aryl methyl sites for hydroxylation is 2. The minimum atomic E-state index is -0.831. The lowest BCUT2D eigenvalue weighted by Crippen LogP contribution is -2.16. The van der Waals surface area contributed by atoms with Gasteiger partial charge in [-0.2, -0.15) is 5.26 Å². The molecule has 2 aromatic heterocycles. The van der Waals surface area contributed by atoms with Gasteiger partial charge in [-0.25, -0.2) is 9.83 Å². The van der Waals surface area contributed by atoms with Gasteiger partial charge in [0.05, 0.1) is 23.7 Å². The third-order valence-corrected chi connectivity index (χ3v) is 6.19. The third-order valence-electron chi connectivity index (χ3n) is 4.60. The number of benzene rings is 2. The first-order chi connectivity index (χ1) is 15.1. The van der Waals surface area contributed by atoms with E-state index in [1.807, 2.05) is 38.1 Å². The van der Waals surface area contributed by atoms with Gasteiger partial charge in [0.15, 0.2) is 5.69 Å². The van der Waals surface area contributed by atoms with Crippen LogP contribution in [0.4, 0.5) is 5.69 Å². The highest BCUT2D eigenvalue weighted by molar-refractivity contribution is 6.36. The Morgan fingerprint density at radius 2 is 1.42 bits per heavy atom. The number of fused-ring (bicyclic) bond motifs is 2. The van der Waals surface area contributed by atoms with Gasteiger partial charge in [-0.1, -0.05) is 12.1 Å². The van der Waals surface area contributed by atoms with Crippen molar-refractivity contribution < 1.29 is 10.4 Å². The van der Waals surface area contributed by atoms with Crippen LogP contribution in [0.25, 0.3) is 26.7 Å². The molecule has 2 heterocycles. The lowest BCUT2D eigenvalue weighted by Gasteiger charge is -2.13. The van der Waals surface area contributed by atoms with E-state index in [0.717, 1.165) is 22.2 Å². The van der Waals surface area contributed by atoms with Crippen molar-refractivity contribution in [3.63, 3.8) is 0 Å². The number of aromatic nitrogens is 2. The van der Waals surface area contributed by atoms with Crippen LogP contribution < -0.4 is 7.58 Å². The van der Waals surface area contributed by atoms with E-state index in [-0.39, 0.29) is 0 Å². The SMILES string of the molecule is [C-]#[N+]c1ccc([O][Al][O][Al][O]c2ccc(C#N)c3ccc(C)nc23)c2nc(C)ccc12. The molecule has 0 atom stereocenters. The van der Waals surface area contributed by atoms with E-state index < -0.39 is 31.8 Å². The van der Waals surface area contributed by atoms with E-state index in [1.54, 1.807) is 24.3 Å². The Labute approximate surface area is 192 Å². The molecule has 0 unspecified atom stereocenters. The summed E-state index contributed by atoms with van der Waals surface area (Å²) in [5.41, 5.74) is 4.08. The van der Waals surface area contributed by atoms with Crippen molar-refractivity contribution in [2.45, 2.75) is 13.8 Å². The van der Waals surface area contributed by atoms with Gasteiger partial charge in [0.25, 0.3) is 0 Å². The molecule has 2 aromatic carbocycles. The maximum absolute atomic E-state index is 9.30. The van der Waals surface area contributed by atoms with Gasteiger partial charge in [-0.05, 0) is 50.2 Å². The predicted molar refractivity (Wildman–Crippen MR) is 118 cm³/mol. The quantitative estimate of drug-likeness (QED) is 0.254. The molecule has 0 spiro atoms. The number of pyridine rings is 2. The molecule has 2 radical (unpaired) electrons. The Morgan fingerprint density at radius 3 is 2.03 bits per heavy atom. The first-order valence-corrected chi connectivity index (χ1v) is 11.2. The summed E-state index contributed by atoms with van der Waals surface area (Å²) in [6, 6.07) is 16.6. The summed E-state index contributed by atoms with van der Waals surface area (Å²) in [6.45, 7) is 11.1. The van der Waals surface area contributed by atoms with Crippen LogP contribution in [-0.4, -0.2) is 41.7 Å². The molecule has 146 valence electrons. The number of hydrogen-bond acceptors (Lipinski definition) is 6. The molecule has 7 nitrogen and oxygen atoms in total. The maximum atomic E-state index is 9.30. The van der Waals surface area contributed by atoms with Crippen molar-refractivity contribution in [2.24, 2.45) is 0 Å². The van der Waals surface area contributed by atoms with Crippen LogP contribution in [0.5, 0.6) is 11.5 Å². The van der Waals surface area contributed by atoms with E-state index in [2.05, 4.69) is 20.9 Å². The van der Waals surface area contributed by atoms with Crippen LogP contribution in [0, 0.1) is 31.8 Å². The van der Waals surface area contributed by atoms with Crippen molar-refractivity contribution >= 4 is 59.3 Å². The van der Waals surface area contributed by atoms with Crippen LogP contribution in [0.15, 0.2) is 48.5 Å². The molecule has 0 aliphatic heterocycles. The largest absolute Gasteiger partial charge is 0.743 e. The van der Waals surface area contributed by atoms with Gasteiger partial charge in [-0.15, -0.1) is 0 Å². The van der Waals surface area contributed by atoms with Gasteiger partial charge < -0.3 is 10.4 Å². The molecular weight excluding hydrogens is 422 g/mol. The topological polar surface area (TPSA) is 81.6 Å². The molecule has 0 amide bonds. The van der Waals surface area contributed by atoms with Gasteiger partial charge in [0, 0.05) is 22.2 Å². The highest BCUT2D eigenvalue weighted by atomic mass is 27.3. The van der Waals surface area contributed by atoms with Crippen LogP contribution >= 0.6 is 0 Å². The first-order valence-electron chi connectivity index (χ1n) is 9.31. The fraction of sp³-hybridized carbons (Fsp3) is 0.0909. The second-order valence-corrected chi connectivity index (χ2v) is 8.62. The van der Waals surface area contributed by atoms with E-state index in [0.29, 0.717) is 33.8 Å². The molecule has 9 heteroatoms. The van der Waals surface area contributed by atoms with Crippen molar-refractivity contribution in [2.75, 3.05) is 0 Å². The summed E-state index contributed by atoms with van der Waals surface area (Å²) >= 11 is -1.66. The Morgan fingerprint density at radius 1 is 0.839 bits per heavy atom. The number of nitriles is 1. The van der Waals surface area contributed by atoms with E-state index in [9.17, 15) is 5.26 Å². The number of nitrogens with zero attached hydrogens (tertiary/aromatic N) is 4. The summed E-state index contributed by atoms with van der Waals surface area (Å²) in [6.07, 6.45) is 0. The molecule has 31 heavy (non-hydrogen) atoms. The highest BCUT2D eigenvalue weighted by Gasteiger charge is 2.14. The molecular formula is C22H14Al2N4O3. The Hall–Kier alpha value is -3.14. The zero-order valence-electron chi connectivity index (χ0n) is 16.8. The van der Waals surface area contributed by atoms with E-state index in [4.69, 9.17) is 17.0 Å². The lowest BCUT2D eigenvalue weighted by atomic mass is 10.1. The summed E-state index contributed by atoms with van der Waals surface area (Å²) < 4.78 is 17.3. The van der Waals surface area contributed by atoms with Crippen LogP contribution in [0.1, 0.15) is 17.0 Å². The zero-order valence-corrected chi connectivity index (χ0v) is 19.1. The molecule has 0 bridgehead atoms. The molecule has 4 aromatic rings. The molecule has 0 N–H and O–H groups in total. The number of rotatable bonds is 6. The van der Waals surface area contributed by atoms with Crippen LogP contribution in [-0.2, 0) is 2.84 Å². The van der Waals surface area contributed by atoms with E-state index in [1.165, 1.54) is 0 Å². The smallest absolute Gasteiger partial charge is 0.626 e. The zero-order chi connectivity index (χ0) is 21.8. The molecule has 0 aliphatic rings. The maximum Gasteiger partial charge on any atom is 0.743 e. The predicted octanol–water partition coefficient (Wildman–Crippen LogP) is 4.37. The second kappa shape index (κ2) is 9.34. The van der Waals surface area contributed by atoms with Gasteiger partial charge in [0.1, 0.15) is 17.0 Å². The first kappa shape index (κ1) is 21.1.